The summed E-state index contributed by atoms with van der Waals surface area (Å²) in [6.45, 7) is 0.524. The van der Waals surface area contributed by atoms with E-state index in [2.05, 4.69) is 21.4 Å². The molecule has 120 valence electrons. The lowest BCUT2D eigenvalue weighted by Crippen LogP contribution is -2.25. The van der Waals surface area contributed by atoms with Crippen molar-refractivity contribution in [1.82, 2.24) is 15.3 Å². The van der Waals surface area contributed by atoms with Gasteiger partial charge in [-0.1, -0.05) is 18.2 Å². The molecule has 0 bridgehead atoms. The zero-order valence-electron chi connectivity index (χ0n) is 12.8. The number of hydrogen-bond donors (Lipinski definition) is 3. The number of rotatable bonds is 4. The summed E-state index contributed by atoms with van der Waals surface area (Å²) in [6.07, 6.45) is 2.70. The highest BCUT2D eigenvalue weighted by Gasteiger charge is 2.09. The van der Waals surface area contributed by atoms with E-state index in [4.69, 9.17) is 4.42 Å². The molecule has 4 aromatic rings. The van der Waals surface area contributed by atoms with Gasteiger partial charge >= 0.3 is 5.76 Å². The third kappa shape index (κ3) is 2.58. The van der Waals surface area contributed by atoms with Crippen LogP contribution in [0.2, 0.25) is 0 Å². The lowest BCUT2D eigenvalue weighted by molar-refractivity contribution is 0.0954. The van der Waals surface area contributed by atoms with Gasteiger partial charge in [-0.05, 0) is 36.2 Å². The third-order valence-corrected chi connectivity index (χ3v) is 4.04. The Morgan fingerprint density at radius 3 is 2.92 bits per heavy atom. The molecular formula is C18H15N3O3. The Morgan fingerprint density at radius 2 is 2.00 bits per heavy atom. The Kier molecular flexibility index (Phi) is 3.42. The maximum Gasteiger partial charge on any atom is 0.417 e. The molecule has 0 radical (unpaired) electrons. The first-order chi connectivity index (χ1) is 11.7. The van der Waals surface area contributed by atoms with E-state index in [1.807, 2.05) is 24.4 Å². The van der Waals surface area contributed by atoms with Gasteiger partial charge in [0, 0.05) is 29.2 Å². The van der Waals surface area contributed by atoms with Crippen LogP contribution < -0.4 is 11.1 Å². The van der Waals surface area contributed by atoms with Gasteiger partial charge in [0.2, 0.25) is 0 Å². The second-order valence-corrected chi connectivity index (χ2v) is 5.59. The van der Waals surface area contributed by atoms with Gasteiger partial charge in [0.1, 0.15) is 0 Å². The first-order valence-electron chi connectivity index (χ1n) is 7.67. The molecule has 0 saturated carbocycles. The molecule has 1 amide bonds. The van der Waals surface area contributed by atoms with Crippen LogP contribution in [0.25, 0.3) is 22.0 Å². The van der Waals surface area contributed by atoms with Crippen molar-refractivity contribution in [3.63, 3.8) is 0 Å². The number of carbonyl (C=O) groups is 1. The predicted octanol–water partition coefficient (Wildman–Crippen LogP) is 2.57. The predicted molar refractivity (Wildman–Crippen MR) is 91.2 cm³/mol. The Hall–Kier alpha value is -3.28. The minimum Gasteiger partial charge on any atom is -0.408 e. The number of H-pyrrole nitrogens is 2. The summed E-state index contributed by atoms with van der Waals surface area (Å²) in [7, 11) is 0. The SMILES string of the molecule is O=C(NCCc1c[nH]c2ccccc12)c1ccc2[nH]c(=O)oc2c1. The number of amides is 1. The molecule has 0 aliphatic rings. The highest BCUT2D eigenvalue weighted by atomic mass is 16.4. The van der Waals surface area contributed by atoms with E-state index in [-0.39, 0.29) is 5.91 Å². The molecule has 24 heavy (non-hydrogen) atoms. The number of oxazole rings is 1. The van der Waals surface area contributed by atoms with Crippen LogP contribution in [-0.4, -0.2) is 22.4 Å². The number of hydrogen-bond acceptors (Lipinski definition) is 3. The standard InChI is InChI=1S/C18H15N3O3/c22-17(11-5-6-15-16(9-11)24-18(23)21-15)19-8-7-12-10-20-14-4-2-1-3-13(12)14/h1-6,9-10,20H,7-8H2,(H,19,22)(H,21,23). The number of fused-ring (bicyclic) bond motifs is 2. The largest absolute Gasteiger partial charge is 0.417 e. The molecule has 0 spiro atoms. The summed E-state index contributed by atoms with van der Waals surface area (Å²) in [6, 6.07) is 13.0. The molecule has 0 saturated heterocycles. The minimum absolute atomic E-state index is 0.194. The topological polar surface area (TPSA) is 90.9 Å². The summed E-state index contributed by atoms with van der Waals surface area (Å²) < 4.78 is 4.98. The molecule has 0 fully saturated rings. The van der Waals surface area contributed by atoms with Crippen LogP contribution in [0.4, 0.5) is 0 Å². The fourth-order valence-corrected chi connectivity index (χ4v) is 2.84. The number of aromatic amines is 2. The Labute approximate surface area is 136 Å². The molecule has 2 aromatic heterocycles. The molecule has 3 N–H and O–H groups in total. The van der Waals surface area contributed by atoms with Gasteiger partial charge in [0.05, 0.1) is 5.52 Å². The number of benzene rings is 2. The normalized spacial score (nSPS) is 11.2. The maximum atomic E-state index is 12.2. The minimum atomic E-state index is -0.526. The fourth-order valence-electron chi connectivity index (χ4n) is 2.84. The smallest absolute Gasteiger partial charge is 0.408 e. The lowest BCUT2D eigenvalue weighted by atomic mass is 10.1. The number of carbonyl (C=O) groups excluding carboxylic acids is 1. The summed E-state index contributed by atoms with van der Waals surface area (Å²) >= 11 is 0. The van der Waals surface area contributed by atoms with Crippen LogP contribution in [0.3, 0.4) is 0 Å². The number of nitrogens with one attached hydrogen (secondary N) is 3. The second kappa shape index (κ2) is 5.73. The molecule has 0 atom stereocenters. The van der Waals surface area contributed by atoms with Crippen LogP contribution in [0.1, 0.15) is 15.9 Å². The summed E-state index contributed by atoms with van der Waals surface area (Å²) in [5.74, 6) is -0.720. The van der Waals surface area contributed by atoms with Crippen molar-refractivity contribution in [3.8, 4) is 0 Å². The van der Waals surface area contributed by atoms with Gasteiger partial charge in [-0.25, -0.2) is 4.79 Å². The van der Waals surface area contributed by atoms with E-state index in [0.29, 0.717) is 23.2 Å². The summed E-state index contributed by atoms with van der Waals surface area (Å²) in [5, 5.41) is 4.06. The van der Waals surface area contributed by atoms with Crippen LogP contribution in [0.5, 0.6) is 0 Å². The number of aromatic nitrogens is 2. The zero-order valence-corrected chi connectivity index (χ0v) is 12.8. The Morgan fingerprint density at radius 1 is 1.12 bits per heavy atom. The Bertz CT molecular complexity index is 1090. The van der Waals surface area contributed by atoms with Crippen LogP contribution >= 0.6 is 0 Å². The molecule has 6 heteroatoms. The third-order valence-electron chi connectivity index (χ3n) is 4.04. The highest BCUT2D eigenvalue weighted by Crippen LogP contribution is 2.18. The van der Waals surface area contributed by atoms with Crippen molar-refractivity contribution in [2.24, 2.45) is 0 Å². The first-order valence-corrected chi connectivity index (χ1v) is 7.67. The van der Waals surface area contributed by atoms with Gasteiger partial charge in [-0.2, -0.15) is 0 Å². The van der Waals surface area contributed by atoms with Crippen molar-refractivity contribution in [1.29, 1.82) is 0 Å². The lowest BCUT2D eigenvalue weighted by Gasteiger charge is -2.05. The molecule has 2 aromatic carbocycles. The second-order valence-electron chi connectivity index (χ2n) is 5.59. The number of para-hydroxylation sites is 1. The van der Waals surface area contributed by atoms with E-state index in [1.165, 1.54) is 5.39 Å². The average molecular weight is 321 g/mol. The van der Waals surface area contributed by atoms with Crippen molar-refractivity contribution in [2.45, 2.75) is 6.42 Å². The molecule has 4 rings (SSSR count). The van der Waals surface area contributed by atoms with Crippen LogP contribution in [-0.2, 0) is 6.42 Å². The van der Waals surface area contributed by atoms with Gasteiger partial charge in [-0.15, -0.1) is 0 Å². The average Bonchev–Trinajstić information content (AvgIpc) is 3.16. The van der Waals surface area contributed by atoms with Gasteiger partial charge in [0.25, 0.3) is 5.91 Å². The van der Waals surface area contributed by atoms with Gasteiger partial charge < -0.3 is 14.7 Å². The van der Waals surface area contributed by atoms with Crippen LogP contribution in [0.15, 0.2) is 57.9 Å². The van der Waals surface area contributed by atoms with E-state index in [1.54, 1.807) is 18.2 Å². The van der Waals surface area contributed by atoms with Crippen LogP contribution in [0, 0.1) is 0 Å². The van der Waals surface area contributed by atoms with E-state index >= 15 is 0 Å². The molecule has 0 aliphatic heterocycles. The van der Waals surface area contributed by atoms with Crippen molar-refractivity contribution >= 4 is 27.9 Å². The van der Waals surface area contributed by atoms with Gasteiger partial charge in [0.15, 0.2) is 5.58 Å². The van der Waals surface area contributed by atoms with Crippen molar-refractivity contribution in [3.05, 3.63) is 70.3 Å². The molecule has 0 aliphatic carbocycles. The van der Waals surface area contributed by atoms with E-state index in [9.17, 15) is 9.59 Å². The molecular weight excluding hydrogens is 306 g/mol. The molecule has 0 unspecified atom stereocenters. The van der Waals surface area contributed by atoms with E-state index in [0.717, 1.165) is 17.5 Å². The summed E-state index contributed by atoms with van der Waals surface area (Å²) in [5.41, 5.74) is 3.67. The highest BCUT2D eigenvalue weighted by molar-refractivity contribution is 5.97. The maximum absolute atomic E-state index is 12.2. The van der Waals surface area contributed by atoms with E-state index < -0.39 is 5.76 Å². The quantitative estimate of drug-likeness (QED) is 0.539. The Balaban J connectivity index is 1.44. The molecule has 2 heterocycles. The van der Waals surface area contributed by atoms with Crippen molar-refractivity contribution in [2.75, 3.05) is 6.54 Å². The first kappa shape index (κ1) is 14.3. The summed E-state index contributed by atoms with van der Waals surface area (Å²) in [4.78, 5) is 29.2. The monoisotopic (exact) mass is 321 g/mol. The molecule has 6 nitrogen and oxygen atoms in total. The van der Waals surface area contributed by atoms with Crippen molar-refractivity contribution < 1.29 is 9.21 Å². The fraction of sp³-hybridized carbons (Fsp3) is 0.111. The van der Waals surface area contributed by atoms with Gasteiger partial charge in [-0.3, -0.25) is 9.78 Å². The zero-order chi connectivity index (χ0) is 16.5.